The summed E-state index contributed by atoms with van der Waals surface area (Å²) < 4.78 is 5.61. The summed E-state index contributed by atoms with van der Waals surface area (Å²) in [4.78, 5) is 26.9. The molecule has 1 heterocycles. The number of aliphatic carboxylic acids is 1. The van der Waals surface area contributed by atoms with Crippen LogP contribution in [0.2, 0.25) is 0 Å². The largest absolute Gasteiger partial charge is 0.480 e. The van der Waals surface area contributed by atoms with Crippen LogP contribution in [0.25, 0.3) is 0 Å². The van der Waals surface area contributed by atoms with E-state index in [0.29, 0.717) is 17.9 Å². The molecule has 6 nitrogen and oxygen atoms in total. The van der Waals surface area contributed by atoms with Crippen molar-refractivity contribution in [3.63, 3.8) is 0 Å². The maximum Gasteiger partial charge on any atom is 0.326 e. The predicted molar refractivity (Wildman–Crippen MR) is 71.7 cm³/mol. The molecular weight excluding hydrogens is 260 g/mol. The zero-order valence-electron chi connectivity index (χ0n) is 11.3. The molecule has 0 radical (unpaired) electrons. The molecule has 1 aromatic heterocycles. The molecule has 108 valence electrons. The van der Waals surface area contributed by atoms with Crippen LogP contribution >= 0.6 is 0 Å². The van der Waals surface area contributed by atoms with Gasteiger partial charge in [0, 0.05) is 17.8 Å². The number of nitrogens with one attached hydrogen (secondary N) is 1. The van der Waals surface area contributed by atoms with Gasteiger partial charge >= 0.3 is 5.97 Å². The number of hydrogen-bond acceptors (Lipinski definition) is 4. The van der Waals surface area contributed by atoms with Gasteiger partial charge in [0.2, 0.25) is 5.88 Å². The molecule has 1 fully saturated rings. The van der Waals surface area contributed by atoms with Gasteiger partial charge in [0.1, 0.15) is 12.1 Å². The Morgan fingerprint density at radius 2 is 2.30 bits per heavy atom. The van der Waals surface area contributed by atoms with E-state index in [2.05, 4.69) is 10.3 Å². The van der Waals surface area contributed by atoms with Crippen molar-refractivity contribution in [1.82, 2.24) is 10.3 Å². The molecule has 1 amide bonds. The van der Waals surface area contributed by atoms with E-state index in [1.807, 2.05) is 0 Å². The predicted octanol–water partition coefficient (Wildman–Crippen LogP) is 1.61. The van der Waals surface area contributed by atoms with Crippen LogP contribution in [0.15, 0.2) is 18.3 Å². The van der Waals surface area contributed by atoms with Crippen molar-refractivity contribution in [3.05, 3.63) is 23.9 Å². The van der Waals surface area contributed by atoms with Crippen LogP contribution in [0.1, 0.15) is 43.0 Å². The number of carbonyl (C=O) groups excluding carboxylic acids is 1. The second-order valence-corrected chi connectivity index (χ2v) is 4.83. The third-order valence-corrected chi connectivity index (χ3v) is 3.35. The zero-order chi connectivity index (χ0) is 14.5. The van der Waals surface area contributed by atoms with Gasteiger partial charge in [-0.2, -0.15) is 0 Å². The van der Waals surface area contributed by atoms with E-state index in [1.54, 1.807) is 13.0 Å². The van der Waals surface area contributed by atoms with E-state index in [4.69, 9.17) is 9.84 Å². The fourth-order valence-corrected chi connectivity index (χ4v) is 1.85. The molecule has 1 aliphatic carbocycles. The number of carboxylic acid groups (broad SMARTS) is 1. The highest BCUT2D eigenvalue weighted by Crippen LogP contribution is 2.24. The quantitative estimate of drug-likeness (QED) is 0.825. The van der Waals surface area contributed by atoms with E-state index in [0.717, 1.165) is 19.3 Å². The minimum Gasteiger partial charge on any atom is -0.480 e. The Morgan fingerprint density at radius 1 is 1.55 bits per heavy atom. The number of ether oxygens (including phenoxy) is 1. The van der Waals surface area contributed by atoms with Crippen molar-refractivity contribution in [2.45, 2.75) is 44.8 Å². The van der Waals surface area contributed by atoms with Crippen molar-refractivity contribution < 1.29 is 19.4 Å². The topological polar surface area (TPSA) is 88.5 Å². The summed E-state index contributed by atoms with van der Waals surface area (Å²) in [6, 6.07) is 2.20. The average molecular weight is 278 g/mol. The van der Waals surface area contributed by atoms with E-state index < -0.39 is 17.9 Å². The molecule has 0 aromatic carbocycles. The molecular formula is C14H18N2O4. The van der Waals surface area contributed by atoms with Crippen molar-refractivity contribution in [2.24, 2.45) is 0 Å². The van der Waals surface area contributed by atoms with Crippen LogP contribution in [0.3, 0.4) is 0 Å². The molecule has 6 heteroatoms. The first kappa shape index (κ1) is 14.3. The number of carboxylic acids is 1. The molecule has 1 unspecified atom stereocenters. The Balaban J connectivity index is 2.01. The first-order chi connectivity index (χ1) is 9.60. The number of pyridine rings is 1. The van der Waals surface area contributed by atoms with Crippen molar-refractivity contribution in [1.29, 1.82) is 0 Å². The fourth-order valence-electron chi connectivity index (χ4n) is 1.85. The van der Waals surface area contributed by atoms with Crippen LogP contribution < -0.4 is 10.1 Å². The second-order valence-electron chi connectivity index (χ2n) is 4.83. The summed E-state index contributed by atoms with van der Waals surface area (Å²) in [5, 5.41) is 11.4. The first-order valence-electron chi connectivity index (χ1n) is 6.76. The van der Waals surface area contributed by atoms with Crippen molar-refractivity contribution >= 4 is 11.9 Å². The molecule has 0 spiro atoms. The van der Waals surface area contributed by atoms with Crippen LogP contribution in [0, 0.1) is 0 Å². The smallest absolute Gasteiger partial charge is 0.326 e. The second kappa shape index (κ2) is 6.36. The highest BCUT2D eigenvalue weighted by Gasteiger charge is 2.21. The molecule has 20 heavy (non-hydrogen) atoms. The molecule has 0 bridgehead atoms. The molecule has 1 saturated carbocycles. The van der Waals surface area contributed by atoms with Gasteiger partial charge in [-0.25, -0.2) is 9.78 Å². The standard InChI is InChI=1S/C14H18N2O4/c1-2-11(14(18)19)16-13(17)9-6-7-15-12(8-9)20-10-4-3-5-10/h6-8,10-11H,2-5H2,1H3,(H,16,17)(H,18,19). The van der Waals surface area contributed by atoms with E-state index in [9.17, 15) is 9.59 Å². The lowest BCUT2D eigenvalue weighted by molar-refractivity contribution is -0.139. The third kappa shape index (κ3) is 3.46. The Bertz CT molecular complexity index is 500. The van der Waals surface area contributed by atoms with Gasteiger partial charge in [0.15, 0.2) is 0 Å². The van der Waals surface area contributed by atoms with Gasteiger partial charge < -0.3 is 15.2 Å². The average Bonchev–Trinajstić information content (AvgIpc) is 2.40. The lowest BCUT2D eigenvalue weighted by Crippen LogP contribution is -2.40. The SMILES string of the molecule is CCC(NC(=O)c1ccnc(OC2CCC2)c1)C(=O)O. The number of rotatable bonds is 6. The number of nitrogens with zero attached hydrogens (tertiary/aromatic N) is 1. The lowest BCUT2D eigenvalue weighted by atomic mass is 9.96. The van der Waals surface area contributed by atoms with Crippen LogP contribution in [-0.2, 0) is 4.79 Å². The van der Waals surface area contributed by atoms with Gasteiger partial charge in [0.05, 0.1) is 0 Å². The molecule has 0 aliphatic heterocycles. The minimum absolute atomic E-state index is 0.184. The monoisotopic (exact) mass is 278 g/mol. The van der Waals surface area contributed by atoms with Crippen molar-refractivity contribution in [3.8, 4) is 5.88 Å². The fraction of sp³-hybridized carbons (Fsp3) is 0.500. The molecule has 1 aromatic rings. The van der Waals surface area contributed by atoms with Crippen LogP contribution in [0.5, 0.6) is 5.88 Å². The lowest BCUT2D eigenvalue weighted by Gasteiger charge is -2.25. The molecule has 1 aliphatic rings. The summed E-state index contributed by atoms with van der Waals surface area (Å²) in [6.45, 7) is 1.71. The Labute approximate surface area is 117 Å². The van der Waals surface area contributed by atoms with Gasteiger partial charge in [-0.1, -0.05) is 6.92 Å². The normalized spacial score (nSPS) is 16.1. The number of amides is 1. The maximum atomic E-state index is 12.0. The minimum atomic E-state index is -1.04. The molecule has 2 rings (SSSR count). The van der Waals surface area contributed by atoms with E-state index in [1.165, 1.54) is 12.3 Å². The molecule has 1 atom stereocenters. The number of carbonyl (C=O) groups is 2. The van der Waals surface area contributed by atoms with Gasteiger partial charge in [-0.15, -0.1) is 0 Å². The first-order valence-corrected chi connectivity index (χ1v) is 6.76. The third-order valence-electron chi connectivity index (χ3n) is 3.35. The Hall–Kier alpha value is -2.11. The highest BCUT2D eigenvalue weighted by molar-refractivity contribution is 5.96. The van der Waals surface area contributed by atoms with E-state index >= 15 is 0 Å². The van der Waals surface area contributed by atoms with Crippen molar-refractivity contribution in [2.75, 3.05) is 0 Å². The maximum absolute atomic E-state index is 12.0. The summed E-state index contributed by atoms with van der Waals surface area (Å²) in [5.74, 6) is -1.06. The van der Waals surface area contributed by atoms with Gasteiger partial charge in [-0.05, 0) is 31.7 Å². The van der Waals surface area contributed by atoms with Gasteiger partial charge in [-0.3, -0.25) is 4.79 Å². The summed E-state index contributed by atoms with van der Waals surface area (Å²) in [5.41, 5.74) is 0.356. The summed E-state index contributed by atoms with van der Waals surface area (Å²) in [6.07, 6.45) is 5.18. The number of hydrogen-bond donors (Lipinski definition) is 2. The van der Waals surface area contributed by atoms with Crippen LogP contribution in [0.4, 0.5) is 0 Å². The van der Waals surface area contributed by atoms with E-state index in [-0.39, 0.29) is 6.10 Å². The Kier molecular flexibility index (Phi) is 4.55. The number of aromatic nitrogens is 1. The molecule has 2 N–H and O–H groups in total. The summed E-state index contributed by atoms with van der Waals surface area (Å²) in [7, 11) is 0. The molecule has 0 saturated heterocycles. The summed E-state index contributed by atoms with van der Waals surface area (Å²) >= 11 is 0. The van der Waals surface area contributed by atoms with Gasteiger partial charge in [0.25, 0.3) is 5.91 Å². The Morgan fingerprint density at radius 3 is 2.85 bits per heavy atom. The zero-order valence-corrected chi connectivity index (χ0v) is 11.3. The highest BCUT2D eigenvalue weighted by atomic mass is 16.5. The van der Waals surface area contributed by atoms with Crippen LogP contribution in [-0.4, -0.2) is 34.1 Å².